The van der Waals surface area contributed by atoms with E-state index in [4.69, 9.17) is 0 Å². The summed E-state index contributed by atoms with van der Waals surface area (Å²) in [5.41, 5.74) is 3.36. The van der Waals surface area contributed by atoms with Crippen LogP contribution in [0, 0.1) is 12.7 Å². The molecule has 0 heterocycles. The summed E-state index contributed by atoms with van der Waals surface area (Å²) in [4.78, 5) is 14.5. The Bertz CT molecular complexity index is 695. The summed E-state index contributed by atoms with van der Waals surface area (Å²) in [6.07, 6.45) is 2.26. The fourth-order valence-corrected chi connectivity index (χ4v) is 2.82. The Kier molecular flexibility index (Phi) is 5.26. The molecule has 126 valence electrons. The Balaban J connectivity index is 1.54. The maximum absolute atomic E-state index is 13.0. The normalized spacial score (nSPS) is 14.0. The second-order valence-electron chi connectivity index (χ2n) is 6.47. The van der Waals surface area contributed by atoms with E-state index < -0.39 is 0 Å². The van der Waals surface area contributed by atoms with Gasteiger partial charge in [0, 0.05) is 19.1 Å². The molecule has 3 nitrogen and oxygen atoms in total. The van der Waals surface area contributed by atoms with Gasteiger partial charge in [-0.05, 0) is 48.6 Å². The third kappa shape index (κ3) is 4.65. The van der Waals surface area contributed by atoms with E-state index in [1.54, 1.807) is 12.1 Å². The highest BCUT2D eigenvalue weighted by atomic mass is 19.1. The van der Waals surface area contributed by atoms with Crippen LogP contribution >= 0.6 is 0 Å². The van der Waals surface area contributed by atoms with Crippen LogP contribution in [-0.4, -0.2) is 23.4 Å². The molecule has 3 rings (SSSR count). The minimum absolute atomic E-state index is 0.0345. The summed E-state index contributed by atoms with van der Waals surface area (Å²) < 4.78 is 13.0. The molecule has 24 heavy (non-hydrogen) atoms. The van der Waals surface area contributed by atoms with Crippen LogP contribution in [0.25, 0.3) is 0 Å². The van der Waals surface area contributed by atoms with E-state index in [9.17, 15) is 9.18 Å². The monoisotopic (exact) mass is 326 g/mol. The van der Waals surface area contributed by atoms with Crippen molar-refractivity contribution in [2.24, 2.45) is 0 Å². The van der Waals surface area contributed by atoms with E-state index in [2.05, 4.69) is 10.2 Å². The Morgan fingerprint density at radius 3 is 2.54 bits per heavy atom. The molecule has 1 fully saturated rings. The maximum Gasteiger partial charge on any atom is 0.234 e. The fraction of sp³-hybridized carbons (Fsp3) is 0.350. The van der Waals surface area contributed by atoms with Gasteiger partial charge in [-0.3, -0.25) is 9.69 Å². The largest absolute Gasteiger partial charge is 0.351 e. The minimum Gasteiger partial charge on any atom is -0.351 e. The molecule has 1 aliphatic carbocycles. The zero-order valence-electron chi connectivity index (χ0n) is 14.0. The van der Waals surface area contributed by atoms with Crippen LogP contribution in [0.4, 0.5) is 4.39 Å². The number of benzene rings is 2. The van der Waals surface area contributed by atoms with Crippen molar-refractivity contribution < 1.29 is 9.18 Å². The number of halogens is 1. The number of nitrogens with one attached hydrogen (secondary N) is 1. The van der Waals surface area contributed by atoms with Crippen molar-refractivity contribution in [1.29, 1.82) is 0 Å². The van der Waals surface area contributed by atoms with Crippen molar-refractivity contribution in [2.75, 3.05) is 6.54 Å². The number of rotatable bonds is 7. The van der Waals surface area contributed by atoms with Crippen LogP contribution in [0.1, 0.15) is 29.5 Å². The van der Waals surface area contributed by atoms with Gasteiger partial charge in [-0.25, -0.2) is 4.39 Å². The van der Waals surface area contributed by atoms with E-state index in [1.807, 2.05) is 31.2 Å². The second-order valence-corrected chi connectivity index (χ2v) is 6.47. The first-order valence-electron chi connectivity index (χ1n) is 8.41. The zero-order chi connectivity index (χ0) is 16.9. The first kappa shape index (κ1) is 16.7. The summed E-state index contributed by atoms with van der Waals surface area (Å²) in [6, 6.07) is 15.1. The highest BCUT2D eigenvalue weighted by Gasteiger charge is 2.30. The highest BCUT2D eigenvalue weighted by molar-refractivity contribution is 5.78. The SMILES string of the molecule is Cc1ccccc1CNC(=O)CN(Cc1ccc(F)cc1)C1CC1. The van der Waals surface area contributed by atoms with Crippen molar-refractivity contribution >= 4 is 5.91 Å². The quantitative estimate of drug-likeness (QED) is 0.845. The molecule has 1 amide bonds. The Morgan fingerprint density at radius 2 is 1.88 bits per heavy atom. The maximum atomic E-state index is 13.0. The molecule has 2 aromatic carbocycles. The first-order valence-corrected chi connectivity index (χ1v) is 8.41. The van der Waals surface area contributed by atoms with Gasteiger partial charge in [0.05, 0.1) is 6.54 Å². The fourth-order valence-electron chi connectivity index (χ4n) is 2.82. The van der Waals surface area contributed by atoms with Gasteiger partial charge >= 0.3 is 0 Å². The van der Waals surface area contributed by atoms with Gasteiger partial charge in [-0.15, -0.1) is 0 Å². The molecule has 1 N–H and O–H groups in total. The molecule has 4 heteroatoms. The Morgan fingerprint density at radius 1 is 1.17 bits per heavy atom. The summed E-state index contributed by atoms with van der Waals surface area (Å²) >= 11 is 0. The number of hydrogen-bond acceptors (Lipinski definition) is 2. The molecule has 1 aliphatic rings. The van der Waals surface area contributed by atoms with Gasteiger partial charge in [-0.2, -0.15) is 0 Å². The predicted molar refractivity (Wildman–Crippen MR) is 92.9 cm³/mol. The summed E-state index contributed by atoms with van der Waals surface area (Å²) in [5, 5.41) is 3.01. The Labute approximate surface area is 142 Å². The molecule has 0 aromatic heterocycles. The highest BCUT2D eigenvalue weighted by Crippen LogP contribution is 2.28. The van der Waals surface area contributed by atoms with E-state index >= 15 is 0 Å². The lowest BCUT2D eigenvalue weighted by atomic mass is 10.1. The van der Waals surface area contributed by atoms with Gasteiger partial charge in [-0.1, -0.05) is 36.4 Å². The minimum atomic E-state index is -0.229. The topological polar surface area (TPSA) is 32.3 Å². The molecule has 0 radical (unpaired) electrons. The summed E-state index contributed by atoms with van der Waals surface area (Å²) in [6.45, 7) is 3.67. The van der Waals surface area contributed by atoms with Crippen molar-refractivity contribution in [2.45, 2.75) is 38.9 Å². The van der Waals surface area contributed by atoms with Crippen LogP contribution in [0.3, 0.4) is 0 Å². The van der Waals surface area contributed by atoms with Gasteiger partial charge in [0.15, 0.2) is 0 Å². The van der Waals surface area contributed by atoms with E-state index in [0.717, 1.165) is 24.0 Å². The molecule has 2 aromatic rings. The molecule has 0 unspecified atom stereocenters. The molecule has 0 bridgehead atoms. The molecular formula is C20H23FN2O. The number of amides is 1. The molecule has 0 aliphatic heterocycles. The molecule has 0 spiro atoms. The van der Waals surface area contributed by atoms with Gasteiger partial charge in [0.2, 0.25) is 5.91 Å². The molecule has 0 atom stereocenters. The van der Waals surface area contributed by atoms with E-state index in [0.29, 0.717) is 25.7 Å². The lowest BCUT2D eigenvalue weighted by molar-refractivity contribution is -0.122. The van der Waals surface area contributed by atoms with E-state index in [-0.39, 0.29) is 11.7 Å². The second kappa shape index (κ2) is 7.58. The third-order valence-corrected chi connectivity index (χ3v) is 4.45. The van der Waals surface area contributed by atoms with Gasteiger partial charge < -0.3 is 5.32 Å². The predicted octanol–water partition coefficient (Wildman–Crippen LogP) is 3.41. The average Bonchev–Trinajstić information content (AvgIpc) is 3.40. The molecule has 0 saturated heterocycles. The van der Waals surface area contributed by atoms with Crippen molar-refractivity contribution in [3.05, 3.63) is 71.0 Å². The summed E-state index contributed by atoms with van der Waals surface area (Å²) in [5.74, 6) is -0.194. The van der Waals surface area contributed by atoms with E-state index in [1.165, 1.54) is 17.7 Å². The first-order chi connectivity index (χ1) is 11.6. The van der Waals surface area contributed by atoms with Crippen LogP contribution in [0.2, 0.25) is 0 Å². The van der Waals surface area contributed by atoms with Crippen LogP contribution in [0.15, 0.2) is 48.5 Å². The smallest absolute Gasteiger partial charge is 0.234 e. The van der Waals surface area contributed by atoms with Gasteiger partial charge in [0.25, 0.3) is 0 Å². The molecular weight excluding hydrogens is 303 g/mol. The van der Waals surface area contributed by atoms with Crippen molar-refractivity contribution in [3.8, 4) is 0 Å². The number of carbonyl (C=O) groups excluding carboxylic acids is 1. The number of hydrogen-bond donors (Lipinski definition) is 1. The Hall–Kier alpha value is -2.20. The lowest BCUT2D eigenvalue weighted by Gasteiger charge is -2.21. The van der Waals surface area contributed by atoms with Crippen LogP contribution in [-0.2, 0) is 17.9 Å². The summed E-state index contributed by atoms with van der Waals surface area (Å²) in [7, 11) is 0. The zero-order valence-corrected chi connectivity index (χ0v) is 14.0. The lowest BCUT2D eigenvalue weighted by Crippen LogP contribution is -2.38. The van der Waals surface area contributed by atoms with Crippen LogP contribution < -0.4 is 5.32 Å². The molecule has 1 saturated carbocycles. The standard InChI is InChI=1S/C20H23FN2O/c1-15-4-2-3-5-17(15)12-22-20(24)14-23(19-10-11-19)13-16-6-8-18(21)9-7-16/h2-9,19H,10-14H2,1H3,(H,22,24). The number of carbonyl (C=O) groups is 1. The van der Waals surface area contributed by atoms with Crippen molar-refractivity contribution in [3.63, 3.8) is 0 Å². The van der Waals surface area contributed by atoms with Gasteiger partial charge in [0.1, 0.15) is 5.82 Å². The number of nitrogens with zero attached hydrogens (tertiary/aromatic N) is 1. The number of aryl methyl sites for hydroxylation is 1. The third-order valence-electron chi connectivity index (χ3n) is 4.45. The average molecular weight is 326 g/mol. The van der Waals surface area contributed by atoms with Crippen molar-refractivity contribution in [1.82, 2.24) is 10.2 Å². The van der Waals surface area contributed by atoms with Crippen LogP contribution in [0.5, 0.6) is 0 Å².